The molecular formula is C13H12Cl2N2O. The monoisotopic (exact) mass is 282 g/mol. The molecule has 0 unspecified atom stereocenters. The Hall–Kier alpha value is -1.29. The Kier molecular flexibility index (Phi) is 4.42. The zero-order valence-corrected chi connectivity index (χ0v) is 11.3. The van der Waals surface area contributed by atoms with E-state index in [1.807, 2.05) is 13.1 Å². The summed E-state index contributed by atoms with van der Waals surface area (Å²) in [6.45, 7) is 0.735. The summed E-state index contributed by atoms with van der Waals surface area (Å²) in [4.78, 5) is 4.11. The highest BCUT2D eigenvalue weighted by Gasteiger charge is 2.05. The van der Waals surface area contributed by atoms with Gasteiger partial charge in [0.15, 0.2) is 0 Å². The summed E-state index contributed by atoms with van der Waals surface area (Å²) in [5.41, 5.74) is 1.04. The number of ether oxygens (including phenoxy) is 1. The highest BCUT2D eigenvalue weighted by molar-refractivity contribution is 6.35. The van der Waals surface area contributed by atoms with Crippen LogP contribution in [-0.4, -0.2) is 12.0 Å². The average molecular weight is 283 g/mol. The molecule has 0 aliphatic carbocycles. The summed E-state index contributed by atoms with van der Waals surface area (Å²) >= 11 is 11.9. The minimum Gasteiger partial charge on any atom is -0.454 e. The number of benzene rings is 1. The van der Waals surface area contributed by atoms with Gasteiger partial charge in [0.05, 0.1) is 11.2 Å². The van der Waals surface area contributed by atoms with E-state index in [0.29, 0.717) is 21.5 Å². The van der Waals surface area contributed by atoms with E-state index in [1.54, 1.807) is 30.6 Å². The van der Waals surface area contributed by atoms with Crippen LogP contribution in [0.1, 0.15) is 5.56 Å². The third-order valence-electron chi connectivity index (χ3n) is 2.27. The first kappa shape index (κ1) is 13.1. The Labute approximate surface area is 116 Å². The van der Waals surface area contributed by atoms with Crippen LogP contribution in [0.2, 0.25) is 10.0 Å². The predicted octanol–water partition coefficient (Wildman–Crippen LogP) is 3.90. The molecule has 0 atom stereocenters. The summed E-state index contributed by atoms with van der Waals surface area (Å²) in [5.74, 6) is 1.21. The SMILES string of the molecule is CNCc1cncc(Oc2ccc(Cl)cc2Cl)c1. The molecule has 1 aromatic heterocycles. The summed E-state index contributed by atoms with van der Waals surface area (Å²) < 4.78 is 5.67. The molecule has 1 heterocycles. The number of aromatic nitrogens is 1. The largest absolute Gasteiger partial charge is 0.454 e. The fourth-order valence-electron chi connectivity index (χ4n) is 1.51. The van der Waals surface area contributed by atoms with Crippen LogP contribution < -0.4 is 10.1 Å². The molecule has 0 amide bonds. The maximum absolute atomic E-state index is 6.04. The minimum absolute atomic E-state index is 0.474. The maximum Gasteiger partial charge on any atom is 0.146 e. The van der Waals surface area contributed by atoms with Gasteiger partial charge in [-0.15, -0.1) is 0 Å². The predicted molar refractivity (Wildman–Crippen MR) is 73.5 cm³/mol. The van der Waals surface area contributed by atoms with Gasteiger partial charge in [0.25, 0.3) is 0 Å². The second-order valence-electron chi connectivity index (χ2n) is 3.74. The summed E-state index contributed by atoms with van der Waals surface area (Å²) in [7, 11) is 1.88. The van der Waals surface area contributed by atoms with Gasteiger partial charge in [0, 0.05) is 17.8 Å². The summed E-state index contributed by atoms with van der Waals surface area (Å²) in [6, 6.07) is 7.01. The van der Waals surface area contributed by atoms with E-state index in [-0.39, 0.29) is 0 Å². The van der Waals surface area contributed by atoms with Crippen LogP contribution in [0.25, 0.3) is 0 Å². The fourth-order valence-corrected chi connectivity index (χ4v) is 1.95. The number of pyridine rings is 1. The second kappa shape index (κ2) is 6.05. The third kappa shape index (κ3) is 3.35. The van der Waals surface area contributed by atoms with Crippen LogP contribution >= 0.6 is 23.2 Å². The Morgan fingerprint density at radius 2 is 2.06 bits per heavy atom. The lowest BCUT2D eigenvalue weighted by molar-refractivity contribution is 0.479. The fraction of sp³-hybridized carbons (Fsp3) is 0.154. The number of hydrogen-bond donors (Lipinski definition) is 1. The van der Waals surface area contributed by atoms with Gasteiger partial charge in [-0.2, -0.15) is 0 Å². The normalized spacial score (nSPS) is 10.4. The molecule has 0 spiro atoms. The van der Waals surface area contributed by atoms with Crippen LogP contribution in [0.15, 0.2) is 36.7 Å². The van der Waals surface area contributed by atoms with Crippen LogP contribution in [0.5, 0.6) is 11.5 Å². The lowest BCUT2D eigenvalue weighted by Gasteiger charge is -2.08. The van der Waals surface area contributed by atoms with Crippen molar-refractivity contribution in [3.63, 3.8) is 0 Å². The van der Waals surface area contributed by atoms with E-state index in [1.165, 1.54) is 0 Å². The molecule has 94 valence electrons. The molecule has 0 fully saturated rings. The lowest BCUT2D eigenvalue weighted by Crippen LogP contribution is -2.05. The van der Waals surface area contributed by atoms with Gasteiger partial charge in [-0.3, -0.25) is 4.98 Å². The molecule has 2 aromatic rings. The lowest BCUT2D eigenvalue weighted by atomic mass is 10.3. The van der Waals surface area contributed by atoms with Crippen molar-refractivity contribution in [1.29, 1.82) is 0 Å². The molecular weight excluding hydrogens is 271 g/mol. The van der Waals surface area contributed by atoms with Crippen molar-refractivity contribution in [2.24, 2.45) is 0 Å². The summed E-state index contributed by atoms with van der Waals surface area (Å²) in [6.07, 6.45) is 3.43. The number of halogens is 2. The van der Waals surface area contributed by atoms with Crippen molar-refractivity contribution in [2.45, 2.75) is 6.54 Å². The van der Waals surface area contributed by atoms with Gasteiger partial charge in [0.1, 0.15) is 11.5 Å². The Balaban J connectivity index is 2.20. The van der Waals surface area contributed by atoms with E-state index in [4.69, 9.17) is 27.9 Å². The van der Waals surface area contributed by atoms with Crippen LogP contribution in [-0.2, 0) is 6.54 Å². The van der Waals surface area contributed by atoms with Crippen molar-refractivity contribution < 1.29 is 4.74 Å². The Morgan fingerprint density at radius 3 is 2.78 bits per heavy atom. The van der Waals surface area contributed by atoms with Gasteiger partial charge < -0.3 is 10.1 Å². The molecule has 0 bridgehead atoms. The van der Waals surface area contributed by atoms with Gasteiger partial charge >= 0.3 is 0 Å². The van der Waals surface area contributed by atoms with E-state index < -0.39 is 0 Å². The van der Waals surface area contributed by atoms with Crippen molar-refractivity contribution in [1.82, 2.24) is 10.3 Å². The molecule has 0 saturated carbocycles. The molecule has 0 aliphatic rings. The standard InChI is InChI=1S/C13H12Cl2N2O/c1-16-6-9-4-11(8-17-7-9)18-13-3-2-10(14)5-12(13)15/h2-5,7-8,16H,6H2,1H3. The van der Waals surface area contributed by atoms with Crippen molar-refractivity contribution in [2.75, 3.05) is 7.05 Å². The van der Waals surface area contributed by atoms with Crippen molar-refractivity contribution in [3.8, 4) is 11.5 Å². The zero-order valence-electron chi connectivity index (χ0n) is 9.78. The molecule has 0 aliphatic heterocycles. The number of rotatable bonds is 4. The quantitative estimate of drug-likeness (QED) is 0.924. The highest BCUT2D eigenvalue weighted by Crippen LogP contribution is 2.31. The minimum atomic E-state index is 0.474. The van der Waals surface area contributed by atoms with E-state index in [9.17, 15) is 0 Å². The molecule has 2 rings (SSSR count). The average Bonchev–Trinajstić information content (AvgIpc) is 2.34. The molecule has 3 nitrogen and oxygen atoms in total. The Bertz CT molecular complexity index is 546. The van der Waals surface area contributed by atoms with Gasteiger partial charge in [-0.05, 0) is 36.9 Å². The topological polar surface area (TPSA) is 34.2 Å². The second-order valence-corrected chi connectivity index (χ2v) is 4.58. The van der Waals surface area contributed by atoms with Crippen LogP contribution in [0.3, 0.4) is 0 Å². The highest BCUT2D eigenvalue weighted by atomic mass is 35.5. The first-order valence-corrected chi connectivity index (χ1v) is 6.16. The first-order chi connectivity index (χ1) is 8.69. The van der Waals surface area contributed by atoms with E-state index in [2.05, 4.69) is 10.3 Å². The first-order valence-electron chi connectivity index (χ1n) is 5.40. The van der Waals surface area contributed by atoms with E-state index >= 15 is 0 Å². The molecule has 0 saturated heterocycles. The molecule has 1 N–H and O–H groups in total. The van der Waals surface area contributed by atoms with Gasteiger partial charge in [-0.1, -0.05) is 23.2 Å². The number of nitrogens with one attached hydrogen (secondary N) is 1. The Morgan fingerprint density at radius 1 is 1.22 bits per heavy atom. The molecule has 5 heteroatoms. The number of nitrogens with zero attached hydrogens (tertiary/aromatic N) is 1. The van der Waals surface area contributed by atoms with Crippen LogP contribution in [0.4, 0.5) is 0 Å². The number of hydrogen-bond acceptors (Lipinski definition) is 3. The maximum atomic E-state index is 6.04. The molecule has 18 heavy (non-hydrogen) atoms. The van der Waals surface area contributed by atoms with Gasteiger partial charge in [-0.25, -0.2) is 0 Å². The molecule has 0 radical (unpaired) electrons. The smallest absolute Gasteiger partial charge is 0.146 e. The van der Waals surface area contributed by atoms with Crippen molar-refractivity contribution in [3.05, 3.63) is 52.3 Å². The van der Waals surface area contributed by atoms with Crippen molar-refractivity contribution >= 4 is 23.2 Å². The molecule has 1 aromatic carbocycles. The van der Waals surface area contributed by atoms with Gasteiger partial charge in [0.2, 0.25) is 0 Å². The summed E-state index contributed by atoms with van der Waals surface area (Å²) in [5, 5.41) is 4.11. The zero-order chi connectivity index (χ0) is 13.0. The van der Waals surface area contributed by atoms with E-state index in [0.717, 1.165) is 12.1 Å². The third-order valence-corrected chi connectivity index (χ3v) is 2.80. The van der Waals surface area contributed by atoms with Crippen LogP contribution in [0, 0.1) is 0 Å².